The number of rotatable bonds is 2. The number of hydrogen-bond acceptors (Lipinski definition) is 3. The summed E-state index contributed by atoms with van der Waals surface area (Å²) in [5.41, 5.74) is 1.63. The maximum atomic E-state index is 12.5. The molecular formula is C13H15F3N2O. The van der Waals surface area contributed by atoms with Crippen LogP contribution in [-0.2, 0) is 6.18 Å². The minimum atomic E-state index is -4.32. The zero-order chi connectivity index (χ0) is 14.2. The van der Waals surface area contributed by atoms with E-state index < -0.39 is 11.7 Å². The molecule has 1 heterocycles. The van der Waals surface area contributed by atoms with Crippen molar-refractivity contribution in [2.75, 3.05) is 13.7 Å². The topological polar surface area (TPSA) is 35.5 Å². The first kappa shape index (κ1) is 13.7. The van der Waals surface area contributed by atoms with Crippen LogP contribution in [0.3, 0.4) is 0 Å². The molecule has 1 unspecified atom stereocenters. The summed E-state index contributed by atoms with van der Waals surface area (Å²) in [6, 6.07) is 5.03. The Kier molecular flexibility index (Phi) is 3.45. The van der Waals surface area contributed by atoms with Crippen LogP contribution in [0.5, 0.6) is 0 Å². The van der Waals surface area contributed by atoms with Gasteiger partial charge in [-0.25, -0.2) is 0 Å². The molecule has 0 radical (unpaired) electrons. The number of aliphatic hydroxyl groups excluding tert-OH is 1. The Hall–Kier alpha value is -1.69. The molecular weight excluding hydrogens is 257 g/mol. The standard InChI is InChI=1S/C13H15F3N2O/c1-8-11(7-19)18(2)12(17-8)9-3-5-10(6-4-9)13(14,15)16/h3-6,12,17,19H,7H2,1-2H3. The largest absolute Gasteiger partial charge is 0.416 e. The van der Waals surface area contributed by atoms with E-state index in [1.165, 1.54) is 12.1 Å². The average Bonchev–Trinajstić information content (AvgIpc) is 2.63. The van der Waals surface area contributed by atoms with Crippen molar-refractivity contribution in [2.45, 2.75) is 19.3 Å². The summed E-state index contributed by atoms with van der Waals surface area (Å²) in [6.07, 6.45) is -4.57. The van der Waals surface area contributed by atoms with Gasteiger partial charge < -0.3 is 15.3 Å². The number of halogens is 3. The lowest BCUT2D eigenvalue weighted by molar-refractivity contribution is -0.137. The lowest BCUT2D eigenvalue weighted by atomic mass is 10.1. The van der Waals surface area contributed by atoms with E-state index in [0.29, 0.717) is 0 Å². The zero-order valence-electron chi connectivity index (χ0n) is 10.6. The van der Waals surface area contributed by atoms with Gasteiger partial charge in [0.1, 0.15) is 6.17 Å². The van der Waals surface area contributed by atoms with Gasteiger partial charge in [0.05, 0.1) is 17.9 Å². The first-order chi connectivity index (χ1) is 8.84. The SMILES string of the molecule is CC1=C(CO)N(C)C(c2ccc(C(F)(F)F)cc2)N1. The Balaban J connectivity index is 2.22. The van der Waals surface area contributed by atoms with E-state index in [1.807, 2.05) is 11.8 Å². The lowest BCUT2D eigenvalue weighted by Crippen LogP contribution is -2.26. The van der Waals surface area contributed by atoms with Crippen molar-refractivity contribution in [1.29, 1.82) is 0 Å². The van der Waals surface area contributed by atoms with Crippen molar-refractivity contribution in [3.8, 4) is 0 Å². The van der Waals surface area contributed by atoms with Gasteiger partial charge in [-0.2, -0.15) is 13.2 Å². The van der Waals surface area contributed by atoms with Gasteiger partial charge in [0.15, 0.2) is 0 Å². The minimum absolute atomic E-state index is 0.105. The minimum Gasteiger partial charge on any atom is -0.390 e. The summed E-state index contributed by atoms with van der Waals surface area (Å²) >= 11 is 0. The fourth-order valence-corrected chi connectivity index (χ4v) is 2.20. The molecule has 2 N–H and O–H groups in total. The summed E-state index contributed by atoms with van der Waals surface area (Å²) in [5, 5.41) is 12.4. The van der Waals surface area contributed by atoms with Gasteiger partial charge in [-0.3, -0.25) is 0 Å². The highest BCUT2D eigenvalue weighted by Crippen LogP contribution is 2.32. The van der Waals surface area contributed by atoms with Crippen LogP contribution in [0.2, 0.25) is 0 Å². The lowest BCUT2D eigenvalue weighted by Gasteiger charge is -2.24. The number of alkyl halides is 3. The molecule has 0 aromatic heterocycles. The molecule has 0 amide bonds. The Bertz CT molecular complexity index is 494. The number of nitrogens with zero attached hydrogens (tertiary/aromatic N) is 1. The molecule has 2 rings (SSSR count). The summed E-state index contributed by atoms with van der Waals surface area (Å²) in [4.78, 5) is 1.82. The van der Waals surface area contributed by atoms with E-state index in [4.69, 9.17) is 0 Å². The number of nitrogens with one attached hydrogen (secondary N) is 1. The second-order valence-electron chi connectivity index (χ2n) is 4.51. The van der Waals surface area contributed by atoms with Gasteiger partial charge in [0.25, 0.3) is 0 Å². The number of allylic oxidation sites excluding steroid dienone is 1. The molecule has 1 aliphatic rings. The molecule has 1 aliphatic heterocycles. The number of benzene rings is 1. The van der Waals surface area contributed by atoms with E-state index in [0.717, 1.165) is 29.1 Å². The van der Waals surface area contributed by atoms with Gasteiger partial charge in [-0.15, -0.1) is 0 Å². The van der Waals surface area contributed by atoms with Gasteiger partial charge in [-0.05, 0) is 24.6 Å². The van der Waals surface area contributed by atoms with E-state index in [-0.39, 0.29) is 12.8 Å². The van der Waals surface area contributed by atoms with Gasteiger partial charge >= 0.3 is 6.18 Å². The maximum absolute atomic E-state index is 12.5. The Morgan fingerprint density at radius 3 is 2.26 bits per heavy atom. The Labute approximate surface area is 109 Å². The molecule has 1 aromatic carbocycles. The van der Waals surface area contributed by atoms with Crippen LogP contribution < -0.4 is 5.32 Å². The van der Waals surface area contributed by atoms with Crippen LogP contribution in [0.25, 0.3) is 0 Å². The monoisotopic (exact) mass is 272 g/mol. The van der Waals surface area contributed by atoms with Crippen LogP contribution in [0.4, 0.5) is 13.2 Å². The van der Waals surface area contributed by atoms with Crippen molar-refractivity contribution in [3.05, 3.63) is 46.8 Å². The maximum Gasteiger partial charge on any atom is 0.416 e. The van der Waals surface area contributed by atoms with Crippen molar-refractivity contribution < 1.29 is 18.3 Å². The molecule has 0 fully saturated rings. The van der Waals surface area contributed by atoms with Crippen LogP contribution >= 0.6 is 0 Å². The van der Waals surface area contributed by atoms with E-state index in [9.17, 15) is 18.3 Å². The second kappa shape index (κ2) is 4.77. The molecule has 1 atom stereocenters. The molecule has 0 bridgehead atoms. The summed E-state index contributed by atoms with van der Waals surface area (Å²) < 4.78 is 37.5. The van der Waals surface area contributed by atoms with E-state index in [1.54, 1.807) is 7.05 Å². The molecule has 0 saturated heterocycles. The number of hydrogen-bond donors (Lipinski definition) is 2. The molecule has 19 heavy (non-hydrogen) atoms. The summed E-state index contributed by atoms with van der Waals surface area (Å²) in [6.45, 7) is 1.72. The van der Waals surface area contributed by atoms with Crippen molar-refractivity contribution in [3.63, 3.8) is 0 Å². The fraction of sp³-hybridized carbons (Fsp3) is 0.385. The molecule has 0 aliphatic carbocycles. The molecule has 0 saturated carbocycles. The predicted molar refractivity (Wildman–Crippen MR) is 64.9 cm³/mol. The highest BCUT2D eigenvalue weighted by molar-refractivity contribution is 5.30. The summed E-state index contributed by atoms with van der Waals surface area (Å²) in [5.74, 6) is 0. The molecule has 6 heteroatoms. The quantitative estimate of drug-likeness (QED) is 0.868. The molecule has 3 nitrogen and oxygen atoms in total. The van der Waals surface area contributed by atoms with E-state index in [2.05, 4.69) is 5.32 Å². The van der Waals surface area contributed by atoms with Crippen molar-refractivity contribution in [1.82, 2.24) is 10.2 Å². The fourth-order valence-electron chi connectivity index (χ4n) is 2.20. The summed E-state index contributed by atoms with van der Waals surface area (Å²) in [7, 11) is 1.79. The zero-order valence-corrected chi connectivity index (χ0v) is 10.6. The third-order valence-corrected chi connectivity index (χ3v) is 3.30. The van der Waals surface area contributed by atoms with Crippen molar-refractivity contribution in [2.24, 2.45) is 0 Å². The molecule has 1 aromatic rings. The first-order valence-electron chi connectivity index (χ1n) is 5.81. The van der Waals surface area contributed by atoms with Crippen LogP contribution in [0.15, 0.2) is 35.7 Å². The normalized spacial score (nSPS) is 19.9. The Morgan fingerprint density at radius 1 is 1.26 bits per heavy atom. The van der Waals surface area contributed by atoms with Crippen LogP contribution in [0.1, 0.15) is 24.2 Å². The van der Waals surface area contributed by atoms with Gasteiger partial charge in [0.2, 0.25) is 0 Å². The van der Waals surface area contributed by atoms with Crippen molar-refractivity contribution >= 4 is 0 Å². The van der Waals surface area contributed by atoms with Gasteiger partial charge in [-0.1, -0.05) is 12.1 Å². The third-order valence-electron chi connectivity index (χ3n) is 3.30. The number of aliphatic hydroxyl groups is 1. The highest BCUT2D eigenvalue weighted by Gasteiger charge is 2.31. The van der Waals surface area contributed by atoms with Gasteiger partial charge in [0, 0.05) is 12.7 Å². The van der Waals surface area contributed by atoms with E-state index >= 15 is 0 Å². The highest BCUT2D eigenvalue weighted by atomic mass is 19.4. The Morgan fingerprint density at radius 2 is 1.84 bits per heavy atom. The smallest absolute Gasteiger partial charge is 0.390 e. The predicted octanol–water partition coefficient (Wildman–Crippen LogP) is 2.46. The molecule has 104 valence electrons. The molecule has 0 spiro atoms. The van der Waals surface area contributed by atoms with Crippen LogP contribution in [0, 0.1) is 0 Å². The number of likely N-dealkylation sites (N-methyl/N-ethyl adjacent to an activating group) is 1. The third kappa shape index (κ3) is 2.53. The van der Waals surface area contributed by atoms with Crippen LogP contribution in [-0.4, -0.2) is 23.7 Å². The average molecular weight is 272 g/mol. The second-order valence-corrected chi connectivity index (χ2v) is 4.51. The first-order valence-corrected chi connectivity index (χ1v) is 5.81.